The highest BCUT2D eigenvalue weighted by molar-refractivity contribution is 5.86. The van der Waals surface area contributed by atoms with Crippen LogP contribution in [0.25, 0.3) is 6.08 Å². The van der Waals surface area contributed by atoms with E-state index in [1.807, 2.05) is 0 Å². The highest BCUT2D eigenvalue weighted by Gasteiger charge is 2.23. The Morgan fingerprint density at radius 1 is 1.19 bits per heavy atom. The van der Waals surface area contributed by atoms with Gasteiger partial charge in [0.05, 0.1) is 25.2 Å². The predicted octanol–water partition coefficient (Wildman–Crippen LogP) is 2.55. The Kier molecular flexibility index (Phi) is 7.56. The Bertz CT molecular complexity index is 624. The Hall–Kier alpha value is -2.44. The van der Waals surface area contributed by atoms with Crippen molar-refractivity contribution in [3.8, 4) is 0 Å². The molecule has 2 N–H and O–H groups in total. The van der Waals surface area contributed by atoms with Crippen molar-refractivity contribution in [2.75, 3.05) is 12.4 Å². The molecule has 1 aliphatic carbocycles. The minimum atomic E-state index is -0.452. The highest BCUT2D eigenvalue weighted by atomic mass is 16.5. The van der Waals surface area contributed by atoms with E-state index in [0.717, 1.165) is 0 Å². The van der Waals surface area contributed by atoms with Gasteiger partial charge in [0.15, 0.2) is 0 Å². The highest BCUT2D eigenvalue weighted by Crippen LogP contribution is 2.26. The van der Waals surface area contributed by atoms with E-state index in [0.29, 0.717) is 17.4 Å². The second-order valence-corrected chi connectivity index (χ2v) is 6.74. The van der Waals surface area contributed by atoms with E-state index in [1.165, 1.54) is 63.8 Å². The second kappa shape index (κ2) is 9.89. The van der Waals surface area contributed by atoms with E-state index in [2.05, 4.69) is 32.3 Å². The lowest BCUT2D eigenvalue weighted by molar-refractivity contribution is -0.134. The molecule has 7 heteroatoms. The fourth-order valence-electron chi connectivity index (χ4n) is 3.11. The monoisotopic (exact) mass is 360 g/mol. The van der Waals surface area contributed by atoms with Gasteiger partial charge in [-0.05, 0) is 38.7 Å². The first-order valence-electron chi connectivity index (χ1n) is 9.14. The standard InChI is InChI=1S/C19H28N4O3/c1-13(15-7-5-4-6-8-15)23-19(25)14(2)22-17-12-20-16(11-21-17)9-10-18(24)26-3/h9-15H,4-8H2,1-3H3,(H,21,22)(H,23,25)/b10-9+/t13-,14+/m0/s1. The third kappa shape index (κ3) is 6.13. The van der Waals surface area contributed by atoms with Crippen molar-refractivity contribution in [2.24, 2.45) is 5.92 Å². The Morgan fingerprint density at radius 2 is 1.92 bits per heavy atom. The maximum absolute atomic E-state index is 12.4. The average Bonchev–Trinajstić information content (AvgIpc) is 2.67. The molecule has 0 aliphatic heterocycles. The van der Waals surface area contributed by atoms with E-state index in [1.54, 1.807) is 6.92 Å². The van der Waals surface area contributed by atoms with Gasteiger partial charge in [-0.1, -0.05) is 19.3 Å². The smallest absolute Gasteiger partial charge is 0.330 e. The molecule has 2 rings (SSSR count). The number of ether oxygens (including phenoxy) is 1. The van der Waals surface area contributed by atoms with Crippen molar-refractivity contribution in [3.05, 3.63) is 24.2 Å². The van der Waals surface area contributed by atoms with E-state index in [-0.39, 0.29) is 11.9 Å². The number of anilines is 1. The zero-order valence-corrected chi connectivity index (χ0v) is 15.7. The second-order valence-electron chi connectivity index (χ2n) is 6.74. The third-order valence-electron chi connectivity index (χ3n) is 4.75. The zero-order valence-electron chi connectivity index (χ0n) is 15.7. The van der Waals surface area contributed by atoms with Crippen molar-refractivity contribution >= 4 is 23.8 Å². The van der Waals surface area contributed by atoms with Crippen LogP contribution in [0, 0.1) is 5.92 Å². The molecule has 1 aromatic rings. The number of hydrogen-bond acceptors (Lipinski definition) is 6. The molecule has 1 saturated carbocycles. The van der Waals surface area contributed by atoms with Gasteiger partial charge in [-0.3, -0.25) is 9.78 Å². The molecule has 0 aromatic carbocycles. The topological polar surface area (TPSA) is 93.2 Å². The summed E-state index contributed by atoms with van der Waals surface area (Å²) < 4.78 is 4.52. The minimum absolute atomic E-state index is 0.0421. The Morgan fingerprint density at radius 3 is 2.54 bits per heavy atom. The number of nitrogens with zero attached hydrogens (tertiary/aromatic N) is 2. The third-order valence-corrected chi connectivity index (χ3v) is 4.75. The SMILES string of the molecule is COC(=O)/C=C/c1cnc(N[C@H](C)C(=O)N[C@@H](C)C2CCCCC2)cn1. The molecule has 0 saturated heterocycles. The van der Waals surface area contributed by atoms with Crippen molar-refractivity contribution in [1.29, 1.82) is 0 Å². The first kappa shape index (κ1) is 19.9. The van der Waals surface area contributed by atoms with Crippen LogP contribution in [-0.2, 0) is 14.3 Å². The Balaban J connectivity index is 1.84. The number of rotatable bonds is 7. The summed E-state index contributed by atoms with van der Waals surface area (Å²) in [6, 6.07) is -0.226. The molecule has 1 amide bonds. The molecule has 0 radical (unpaired) electrons. The van der Waals surface area contributed by atoms with Crippen molar-refractivity contribution in [2.45, 2.75) is 58.0 Å². The number of hydrogen-bond donors (Lipinski definition) is 2. The van der Waals surface area contributed by atoms with Gasteiger partial charge in [0.25, 0.3) is 0 Å². The van der Waals surface area contributed by atoms with Crippen LogP contribution in [0.5, 0.6) is 0 Å². The lowest BCUT2D eigenvalue weighted by Crippen LogP contribution is -2.45. The summed E-state index contributed by atoms with van der Waals surface area (Å²) in [5, 5.41) is 6.16. The normalized spacial score (nSPS) is 17.5. The number of nitrogens with one attached hydrogen (secondary N) is 2. The van der Waals surface area contributed by atoms with Gasteiger partial charge in [0.1, 0.15) is 11.9 Å². The number of aromatic nitrogens is 2. The summed E-state index contributed by atoms with van der Waals surface area (Å²) in [5.74, 6) is 0.583. The van der Waals surface area contributed by atoms with Crippen LogP contribution in [-0.4, -0.2) is 41.0 Å². The molecule has 0 unspecified atom stereocenters. The lowest BCUT2D eigenvalue weighted by Gasteiger charge is -2.29. The minimum Gasteiger partial charge on any atom is -0.466 e. The molecule has 2 atom stereocenters. The fraction of sp³-hybridized carbons (Fsp3) is 0.579. The summed E-state index contributed by atoms with van der Waals surface area (Å²) in [6.45, 7) is 3.89. The molecular weight excluding hydrogens is 332 g/mol. The molecule has 0 bridgehead atoms. The molecule has 1 heterocycles. The fourth-order valence-corrected chi connectivity index (χ4v) is 3.11. The molecule has 26 heavy (non-hydrogen) atoms. The maximum Gasteiger partial charge on any atom is 0.330 e. The van der Waals surface area contributed by atoms with Crippen LogP contribution in [0.15, 0.2) is 18.5 Å². The summed E-state index contributed by atoms with van der Waals surface area (Å²) in [4.78, 5) is 31.9. The van der Waals surface area contributed by atoms with Gasteiger partial charge in [-0.25, -0.2) is 9.78 Å². The van der Waals surface area contributed by atoms with Gasteiger partial charge in [-0.15, -0.1) is 0 Å². The van der Waals surface area contributed by atoms with E-state index in [4.69, 9.17) is 0 Å². The summed E-state index contributed by atoms with van der Waals surface area (Å²) >= 11 is 0. The van der Waals surface area contributed by atoms with Crippen molar-refractivity contribution < 1.29 is 14.3 Å². The molecule has 1 aromatic heterocycles. The van der Waals surface area contributed by atoms with Gasteiger partial charge < -0.3 is 15.4 Å². The maximum atomic E-state index is 12.4. The zero-order chi connectivity index (χ0) is 18.9. The van der Waals surface area contributed by atoms with Gasteiger partial charge in [0.2, 0.25) is 5.91 Å². The molecule has 142 valence electrons. The van der Waals surface area contributed by atoms with Crippen LogP contribution in [0.1, 0.15) is 51.6 Å². The number of methoxy groups -OCH3 is 1. The number of esters is 1. The number of amides is 1. The summed E-state index contributed by atoms with van der Waals surface area (Å²) in [6.07, 6.45) is 12.0. The molecule has 7 nitrogen and oxygen atoms in total. The van der Waals surface area contributed by atoms with Crippen molar-refractivity contribution in [3.63, 3.8) is 0 Å². The predicted molar refractivity (Wildman–Crippen MR) is 100 cm³/mol. The van der Waals surface area contributed by atoms with Gasteiger partial charge in [-0.2, -0.15) is 0 Å². The number of carbonyl (C=O) groups excluding carboxylic acids is 2. The van der Waals surface area contributed by atoms with Crippen LogP contribution in [0.2, 0.25) is 0 Å². The van der Waals surface area contributed by atoms with E-state index < -0.39 is 12.0 Å². The Labute approximate surface area is 154 Å². The molecule has 0 spiro atoms. The average molecular weight is 360 g/mol. The van der Waals surface area contributed by atoms with E-state index >= 15 is 0 Å². The molecule has 1 fully saturated rings. The van der Waals surface area contributed by atoms with Crippen LogP contribution >= 0.6 is 0 Å². The number of carbonyl (C=O) groups is 2. The molecule has 1 aliphatic rings. The van der Waals surface area contributed by atoms with Gasteiger partial charge >= 0.3 is 5.97 Å². The lowest BCUT2D eigenvalue weighted by atomic mass is 9.84. The van der Waals surface area contributed by atoms with Gasteiger partial charge in [0, 0.05) is 12.1 Å². The van der Waals surface area contributed by atoms with Crippen LogP contribution in [0.3, 0.4) is 0 Å². The van der Waals surface area contributed by atoms with Crippen LogP contribution < -0.4 is 10.6 Å². The van der Waals surface area contributed by atoms with E-state index in [9.17, 15) is 9.59 Å². The summed E-state index contributed by atoms with van der Waals surface area (Å²) in [7, 11) is 1.31. The van der Waals surface area contributed by atoms with Crippen molar-refractivity contribution in [1.82, 2.24) is 15.3 Å². The largest absolute Gasteiger partial charge is 0.466 e. The summed E-state index contributed by atoms with van der Waals surface area (Å²) in [5.41, 5.74) is 0.531. The molecular formula is C19H28N4O3. The first-order valence-corrected chi connectivity index (χ1v) is 9.14. The first-order chi connectivity index (χ1) is 12.5. The van der Waals surface area contributed by atoms with Crippen LogP contribution in [0.4, 0.5) is 5.82 Å². The quantitative estimate of drug-likeness (QED) is 0.573.